The third-order valence-corrected chi connectivity index (χ3v) is 3.93. The Bertz CT molecular complexity index is 668. The summed E-state index contributed by atoms with van der Waals surface area (Å²) in [5.74, 6) is 0. The van der Waals surface area contributed by atoms with Gasteiger partial charge in [0.2, 0.25) is 0 Å². The molecule has 0 aromatic heterocycles. The van der Waals surface area contributed by atoms with Gasteiger partial charge in [-0.1, -0.05) is 56.1 Å². The van der Waals surface area contributed by atoms with E-state index in [0.717, 1.165) is 20.1 Å². The van der Waals surface area contributed by atoms with E-state index >= 15 is 0 Å². The van der Waals surface area contributed by atoms with E-state index < -0.39 is 6.03 Å². The van der Waals surface area contributed by atoms with Crippen molar-refractivity contribution in [2.75, 3.05) is 0 Å². The summed E-state index contributed by atoms with van der Waals surface area (Å²) in [6.07, 6.45) is 0. The standard InChI is InChI=1S/C15H8Br2N2O/c16-11-5-1-9(2-6-11)13-14(19-15(20)18-13)10-3-7-12(17)8-4-10/h1-8H. The summed E-state index contributed by atoms with van der Waals surface area (Å²) in [5, 5.41) is 0. The van der Waals surface area contributed by atoms with Crippen molar-refractivity contribution >= 4 is 49.3 Å². The molecule has 3 nitrogen and oxygen atoms in total. The van der Waals surface area contributed by atoms with E-state index in [9.17, 15) is 4.79 Å². The van der Waals surface area contributed by atoms with E-state index in [2.05, 4.69) is 41.8 Å². The van der Waals surface area contributed by atoms with Gasteiger partial charge in [0.1, 0.15) is 11.4 Å². The monoisotopic (exact) mass is 390 g/mol. The largest absolute Gasteiger partial charge is 0.368 e. The zero-order valence-corrected chi connectivity index (χ0v) is 13.3. The zero-order valence-electron chi connectivity index (χ0n) is 10.2. The van der Waals surface area contributed by atoms with Crippen LogP contribution in [0.4, 0.5) is 4.79 Å². The van der Waals surface area contributed by atoms with Crippen molar-refractivity contribution in [2.24, 2.45) is 9.98 Å². The molecule has 0 saturated heterocycles. The second kappa shape index (κ2) is 5.42. The minimum absolute atomic E-state index is 0.458. The lowest BCUT2D eigenvalue weighted by Gasteiger charge is -2.05. The highest BCUT2D eigenvalue weighted by Gasteiger charge is 2.22. The lowest BCUT2D eigenvalue weighted by molar-refractivity contribution is 0.257. The van der Waals surface area contributed by atoms with E-state index in [-0.39, 0.29) is 0 Å². The van der Waals surface area contributed by atoms with Crippen LogP contribution in [0.1, 0.15) is 11.1 Å². The smallest absolute Gasteiger partial charge is 0.244 e. The maximum Gasteiger partial charge on any atom is 0.368 e. The SMILES string of the molecule is O=C1N=C(c2ccc(Br)cc2)C(c2ccc(Br)cc2)=N1. The summed E-state index contributed by atoms with van der Waals surface area (Å²) in [4.78, 5) is 19.6. The Labute approximate surface area is 132 Å². The fourth-order valence-electron chi connectivity index (χ4n) is 1.94. The normalized spacial score (nSPS) is 14.2. The Morgan fingerprint density at radius 3 is 1.35 bits per heavy atom. The molecule has 2 aromatic rings. The van der Waals surface area contributed by atoms with Gasteiger partial charge >= 0.3 is 6.03 Å². The zero-order chi connectivity index (χ0) is 14.1. The van der Waals surface area contributed by atoms with Crippen LogP contribution < -0.4 is 0 Å². The number of hydrogen-bond donors (Lipinski definition) is 0. The average Bonchev–Trinajstić information content (AvgIpc) is 2.82. The van der Waals surface area contributed by atoms with Crippen LogP contribution >= 0.6 is 31.9 Å². The number of amides is 2. The summed E-state index contributed by atoms with van der Waals surface area (Å²) in [6, 6.07) is 14.9. The minimum Gasteiger partial charge on any atom is -0.244 e. The van der Waals surface area contributed by atoms with E-state index in [1.54, 1.807) is 0 Å². The number of carbonyl (C=O) groups excluding carboxylic acids is 1. The molecule has 1 aliphatic rings. The molecule has 3 rings (SSSR count). The maximum atomic E-state index is 11.6. The van der Waals surface area contributed by atoms with Gasteiger partial charge in [-0.15, -0.1) is 0 Å². The Balaban J connectivity index is 2.04. The summed E-state index contributed by atoms with van der Waals surface area (Å²) >= 11 is 6.78. The lowest BCUT2D eigenvalue weighted by Crippen LogP contribution is -2.13. The highest BCUT2D eigenvalue weighted by molar-refractivity contribution is 9.10. The number of hydrogen-bond acceptors (Lipinski definition) is 1. The quantitative estimate of drug-likeness (QED) is 0.736. The molecule has 1 heterocycles. The molecule has 0 radical (unpaired) electrons. The Kier molecular flexibility index (Phi) is 3.63. The molecule has 2 aromatic carbocycles. The van der Waals surface area contributed by atoms with Crippen molar-refractivity contribution in [1.29, 1.82) is 0 Å². The number of halogens is 2. The fraction of sp³-hybridized carbons (Fsp3) is 0. The molecule has 5 heteroatoms. The lowest BCUT2D eigenvalue weighted by atomic mass is 10.0. The number of urea groups is 1. The van der Waals surface area contributed by atoms with E-state index in [1.807, 2.05) is 48.5 Å². The van der Waals surface area contributed by atoms with Crippen LogP contribution in [0, 0.1) is 0 Å². The predicted octanol–water partition coefficient (Wildman–Crippen LogP) is 4.62. The molecule has 0 saturated carbocycles. The molecule has 0 aliphatic carbocycles. The van der Waals surface area contributed by atoms with Crippen molar-refractivity contribution in [3.8, 4) is 0 Å². The highest BCUT2D eigenvalue weighted by Crippen LogP contribution is 2.19. The molecule has 0 N–H and O–H groups in total. The second-order valence-electron chi connectivity index (χ2n) is 4.22. The van der Waals surface area contributed by atoms with Gasteiger partial charge in [-0.05, 0) is 24.3 Å². The van der Waals surface area contributed by atoms with Crippen LogP contribution in [-0.4, -0.2) is 17.5 Å². The predicted molar refractivity (Wildman–Crippen MR) is 86.8 cm³/mol. The Hall–Kier alpha value is -1.59. The average molecular weight is 392 g/mol. The second-order valence-corrected chi connectivity index (χ2v) is 6.05. The van der Waals surface area contributed by atoms with Crippen LogP contribution in [-0.2, 0) is 0 Å². The van der Waals surface area contributed by atoms with E-state index in [4.69, 9.17) is 0 Å². The van der Waals surface area contributed by atoms with Crippen molar-refractivity contribution in [2.45, 2.75) is 0 Å². The molecule has 1 aliphatic heterocycles. The molecule has 2 amide bonds. The van der Waals surface area contributed by atoms with Crippen LogP contribution in [0.3, 0.4) is 0 Å². The molecule has 20 heavy (non-hydrogen) atoms. The first-order valence-electron chi connectivity index (χ1n) is 5.87. The molecule has 0 fully saturated rings. The van der Waals surface area contributed by atoms with Crippen LogP contribution in [0.15, 0.2) is 67.5 Å². The van der Waals surface area contributed by atoms with E-state index in [0.29, 0.717) is 11.4 Å². The highest BCUT2D eigenvalue weighted by atomic mass is 79.9. The molecule has 98 valence electrons. The van der Waals surface area contributed by atoms with Crippen LogP contribution in [0.2, 0.25) is 0 Å². The van der Waals surface area contributed by atoms with Gasteiger partial charge < -0.3 is 0 Å². The first-order chi connectivity index (χ1) is 9.63. The van der Waals surface area contributed by atoms with Crippen molar-refractivity contribution in [3.63, 3.8) is 0 Å². The molecular weight excluding hydrogens is 384 g/mol. The number of nitrogens with zero attached hydrogens (tertiary/aromatic N) is 2. The minimum atomic E-state index is -0.458. The number of aliphatic imine (C=N–C) groups is 2. The first kappa shape index (κ1) is 13.4. The van der Waals surface area contributed by atoms with Gasteiger partial charge in [0, 0.05) is 20.1 Å². The fourth-order valence-corrected chi connectivity index (χ4v) is 2.47. The summed E-state index contributed by atoms with van der Waals surface area (Å²) in [7, 11) is 0. The number of benzene rings is 2. The van der Waals surface area contributed by atoms with Crippen molar-refractivity contribution < 1.29 is 4.79 Å². The molecular formula is C15H8Br2N2O. The number of rotatable bonds is 2. The Morgan fingerprint density at radius 2 is 1.00 bits per heavy atom. The van der Waals surface area contributed by atoms with E-state index in [1.165, 1.54) is 0 Å². The van der Waals surface area contributed by atoms with Crippen molar-refractivity contribution in [3.05, 3.63) is 68.6 Å². The molecule has 0 unspecified atom stereocenters. The van der Waals surface area contributed by atoms with Gasteiger partial charge in [-0.2, -0.15) is 9.98 Å². The molecule has 0 atom stereocenters. The summed E-state index contributed by atoms with van der Waals surface area (Å²) in [6.45, 7) is 0. The Morgan fingerprint density at radius 1 is 0.650 bits per heavy atom. The maximum absolute atomic E-state index is 11.6. The third-order valence-electron chi connectivity index (χ3n) is 2.87. The third kappa shape index (κ3) is 2.64. The molecule has 0 spiro atoms. The summed E-state index contributed by atoms with van der Waals surface area (Å²) < 4.78 is 1.96. The topological polar surface area (TPSA) is 41.8 Å². The molecule has 0 bridgehead atoms. The van der Waals surface area contributed by atoms with Crippen LogP contribution in [0.5, 0.6) is 0 Å². The number of carbonyl (C=O) groups is 1. The van der Waals surface area contributed by atoms with Gasteiger partial charge in [-0.3, -0.25) is 0 Å². The van der Waals surface area contributed by atoms with Crippen LogP contribution in [0.25, 0.3) is 0 Å². The van der Waals surface area contributed by atoms with Gasteiger partial charge in [0.05, 0.1) is 0 Å². The van der Waals surface area contributed by atoms with Gasteiger partial charge in [-0.25, -0.2) is 4.79 Å². The first-order valence-corrected chi connectivity index (χ1v) is 7.46. The van der Waals surface area contributed by atoms with Gasteiger partial charge in [0.15, 0.2) is 0 Å². The van der Waals surface area contributed by atoms with Gasteiger partial charge in [0.25, 0.3) is 0 Å². The van der Waals surface area contributed by atoms with Crippen molar-refractivity contribution in [1.82, 2.24) is 0 Å². The summed E-state index contributed by atoms with van der Waals surface area (Å²) in [5.41, 5.74) is 2.98.